The maximum Gasteiger partial charge on any atom is 0.573 e. The van der Waals surface area contributed by atoms with Gasteiger partial charge in [0.2, 0.25) is 0 Å². The molecule has 1 aromatic carbocycles. The lowest BCUT2D eigenvalue weighted by Crippen LogP contribution is -2.35. The molecule has 3 nitrogen and oxygen atoms in total. The minimum Gasteiger partial charge on any atom is -0.405 e. The normalized spacial score (nSPS) is 13.6. The first-order valence-corrected chi connectivity index (χ1v) is 5.99. The highest BCUT2D eigenvalue weighted by atomic mass is 19.4. The Labute approximate surface area is 111 Å². The molecule has 0 aliphatic heterocycles. The summed E-state index contributed by atoms with van der Waals surface area (Å²) in [4.78, 5) is 2.01. The van der Waals surface area contributed by atoms with Crippen molar-refractivity contribution >= 4 is 0 Å². The molecule has 1 N–H and O–H groups in total. The number of nitrogens with one attached hydrogen (secondary N) is 1. The molecule has 108 valence electrons. The van der Waals surface area contributed by atoms with E-state index in [0.29, 0.717) is 12.1 Å². The molecule has 0 fully saturated rings. The fourth-order valence-electron chi connectivity index (χ4n) is 1.77. The van der Waals surface area contributed by atoms with E-state index < -0.39 is 6.36 Å². The van der Waals surface area contributed by atoms with Crippen LogP contribution in [0.25, 0.3) is 0 Å². The minimum absolute atomic E-state index is 0.153. The first kappa shape index (κ1) is 15.8. The summed E-state index contributed by atoms with van der Waals surface area (Å²) in [6, 6.07) is 6.33. The molecule has 0 saturated heterocycles. The van der Waals surface area contributed by atoms with Crippen molar-refractivity contribution in [3.05, 3.63) is 29.8 Å². The van der Waals surface area contributed by atoms with Crippen LogP contribution in [0.3, 0.4) is 0 Å². The van der Waals surface area contributed by atoms with E-state index in [9.17, 15) is 13.2 Å². The molecule has 0 aliphatic carbocycles. The molecule has 0 aromatic heterocycles. The van der Waals surface area contributed by atoms with Gasteiger partial charge in [-0.25, -0.2) is 0 Å². The fraction of sp³-hybridized carbons (Fsp3) is 0.538. The zero-order chi connectivity index (χ0) is 14.5. The average molecular weight is 276 g/mol. The van der Waals surface area contributed by atoms with Gasteiger partial charge >= 0.3 is 6.36 Å². The summed E-state index contributed by atoms with van der Waals surface area (Å²) in [6.45, 7) is 3.12. The number of ether oxygens (including phenoxy) is 1. The predicted octanol–water partition coefficient (Wildman–Crippen LogP) is 2.62. The average Bonchev–Trinajstić information content (AvgIpc) is 2.25. The van der Waals surface area contributed by atoms with Gasteiger partial charge in [-0.1, -0.05) is 18.2 Å². The number of rotatable bonds is 6. The van der Waals surface area contributed by atoms with Gasteiger partial charge in [0.15, 0.2) is 0 Å². The zero-order valence-electron chi connectivity index (χ0n) is 11.3. The molecule has 0 saturated carbocycles. The van der Waals surface area contributed by atoms with Crippen molar-refractivity contribution in [3.8, 4) is 5.75 Å². The molecule has 0 bridgehead atoms. The third-order valence-corrected chi connectivity index (χ3v) is 2.48. The van der Waals surface area contributed by atoms with E-state index >= 15 is 0 Å². The topological polar surface area (TPSA) is 24.5 Å². The van der Waals surface area contributed by atoms with E-state index in [4.69, 9.17) is 0 Å². The summed E-state index contributed by atoms with van der Waals surface area (Å²) in [7, 11) is 3.89. The van der Waals surface area contributed by atoms with E-state index in [-0.39, 0.29) is 11.8 Å². The number of benzene rings is 1. The molecule has 0 heterocycles. The van der Waals surface area contributed by atoms with E-state index in [0.717, 1.165) is 6.54 Å². The summed E-state index contributed by atoms with van der Waals surface area (Å²) >= 11 is 0. The second kappa shape index (κ2) is 6.77. The Hall–Kier alpha value is -1.27. The van der Waals surface area contributed by atoms with Crippen LogP contribution in [0.1, 0.15) is 12.5 Å². The summed E-state index contributed by atoms with van der Waals surface area (Å²) in [5.41, 5.74) is 0.491. The third kappa shape index (κ3) is 6.45. The van der Waals surface area contributed by atoms with Crippen molar-refractivity contribution in [2.24, 2.45) is 0 Å². The Morgan fingerprint density at radius 3 is 2.47 bits per heavy atom. The van der Waals surface area contributed by atoms with Gasteiger partial charge in [0.25, 0.3) is 0 Å². The SMILES string of the molecule is CC(CN(C)C)NCc1ccccc1OC(F)(F)F. The van der Waals surface area contributed by atoms with Crippen molar-refractivity contribution in [2.45, 2.75) is 25.9 Å². The third-order valence-electron chi connectivity index (χ3n) is 2.48. The molecule has 19 heavy (non-hydrogen) atoms. The Morgan fingerprint density at radius 2 is 1.89 bits per heavy atom. The van der Waals surface area contributed by atoms with Gasteiger partial charge in [-0.2, -0.15) is 0 Å². The molecule has 0 radical (unpaired) electrons. The van der Waals surface area contributed by atoms with E-state index in [1.54, 1.807) is 12.1 Å². The molecule has 0 aliphatic rings. The highest BCUT2D eigenvalue weighted by Crippen LogP contribution is 2.26. The van der Waals surface area contributed by atoms with E-state index in [1.807, 2.05) is 25.9 Å². The van der Waals surface area contributed by atoms with Crippen molar-refractivity contribution < 1.29 is 17.9 Å². The number of nitrogens with zero attached hydrogens (tertiary/aromatic N) is 1. The fourth-order valence-corrected chi connectivity index (χ4v) is 1.77. The molecular formula is C13H19F3N2O. The lowest BCUT2D eigenvalue weighted by atomic mass is 10.2. The van der Waals surface area contributed by atoms with Crippen LogP contribution in [-0.4, -0.2) is 37.9 Å². The molecule has 0 spiro atoms. The highest BCUT2D eigenvalue weighted by molar-refractivity contribution is 5.33. The Bertz CT molecular complexity index is 394. The van der Waals surface area contributed by atoms with Gasteiger partial charge in [0.05, 0.1) is 0 Å². The standard InChI is InChI=1S/C13H19F3N2O/c1-10(9-18(2)3)17-8-11-6-4-5-7-12(11)19-13(14,15)16/h4-7,10,17H,8-9H2,1-3H3. The van der Waals surface area contributed by atoms with Crippen LogP contribution >= 0.6 is 0 Å². The van der Waals surface area contributed by atoms with Crippen LogP contribution in [0.15, 0.2) is 24.3 Å². The molecular weight excluding hydrogens is 257 g/mol. The van der Waals surface area contributed by atoms with Gasteiger partial charge in [0, 0.05) is 24.7 Å². The number of hydrogen-bond donors (Lipinski definition) is 1. The smallest absolute Gasteiger partial charge is 0.405 e. The molecule has 1 aromatic rings. The number of para-hydroxylation sites is 1. The monoisotopic (exact) mass is 276 g/mol. The van der Waals surface area contributed by atoms with Crippen LogP contribution in [-0.2, 0) is 6.54 Å². The second-order valence-electron chi connectivity index (χ2n) is 4.70. The van der Waals surface area contributed by atoms with Crippen molar-refractivity contribution in [1.29, 1.82) is 0 Å². The zero-order valence-corrected chi connectivity index (χ0v) is 11.3. The summed E-state index contributed by atoms with van der Waals surface area (Å²) in [5, 5.41) is 3.17. The lowest BCUT2D eigenvalue weighted by molar-refractivity contribution is -0.274. The van der Waals surface area contributed by atoms with Crippen LogP contribution in [0.5, 0.6) is 5.75 Å². The quantitative estimate of drug-likeness (QED) is 0.864. The second-order valence-corrected chi connectivity index (χ2v) is 4.70. The van der Waals surface area contributed by atoms with Crippen LogP contribution < -0.4 is 10.1 Å². The maximum absolute atomic E-state index is 12.2. The Morgan fingerprint density at radius 1 is 1.26 bits per heavy atom. The number of likely N-dealkylation sites (N-methyl/N-ethyl adjacent to an activating group) is 1. The van der Waals surface area contributed by atoms with Crippen LogP contribution in [0, 0.1) is 0 Å². The largest absolute Gasteiger partial charge is 0.573 e. The highest BCUT2D eigenvalue weighted by Gasteiger charge is 2.31. The minimum atomic E-state index is -4.66. The first-order valence-electron chi connectivity index (χ1n) is 5.99. The lowest BCUT2D eigenvalue weighted by Gasteiger charge is -2.19. The first-order chi connectivity index (χ1) is 8.78. The molecule has 1 rings (SSSR count). The summed E-state index contributed by atoms with van der Waals surface area (Å²) in [6.07, 6.45) is -4.66. The van der Waals surface area contributed by atoms with Gasteiger partial charge in [-0.05, 0) is 27.1 Å². The van der Waals surface area contributed by atoms with Gasteiger partial charge in [-0.15, -0.1) is 13.2 Å². The number of hydrogen-bond acceptors (Lipinski definition) is 3. The van der Waals surface area contributed by atoms with Crippen molar-refractivity contribution in [3.63, 3.8) is 0 Å². The van der Waals surface area contributed by atoms with E-state index in [2.05, 4.69) is 10.1 Å². The van der Waals surface area contributed by atoms with Gasteiger partial charge in [0.1, 0.15) is 5.75 Å². The Kier molecular flexibility index (Phi) is 5.62. The summed E-state index contributed by atoms with van der Waals surface area (Å²) < 4.78 is 40.7. The molecule has 1 atom stereocenters. The van der Waals surface area contributed by atoms with E-state index in [1.165, 1.54) is 12.1 Å². The van der Waals surface area contributed by atoms with Gasteiger partial charge < -0.3 is 15.0 Å². The van der Waals surface area contributed by atoms with Crippen molar-refractivity contribution in [2.75, 3.05) is 20.6 Å². The van der Waals surface area contributed by atoms with Crippen molar-refractivity contribution in [1.82, 2.24) is 10.2 Å². The molecule has 6 heteroatoms. The van der Waals surface area contributed by atoms with Crippen LogP contribution in [0.2, 0.25) is 0 Å². The maximum atomic E-state index is 12.2. The van der Waals surface area contributed by atoms with Crippen LogP contribution in [0.4, 0.5) is 13.2 Å². The molecule has 1 unspecified atom stereocenters. The number of alkyl halides is 3. The predicted molar refractivity (Wildman–Crippen MR) is 68.0 cm³/mol. The molecule has 0 amide bonds. The summed E-state index contributed by atoms with van der Waals surface area (Å²) in [5.74, 6) is -0.153. The van der Waals surface area contributed by atoms with Gasteiger partial charge in [-0.3, -0.25) is 0 Å². The number of halogens is 3. The Balaban J connectivity index is 2.63.